The van der Waals surface area contributed by atoms with Crippen LogP contribution in [0.4, 0.5) is 0 Å². The topological polar surface area (TPSA) is 99.6 Å². The molecule has 3 rings (SSSR count). The predicted octanol–water partition coefficient (Wildman–Crippen LogP) is 3.14. The van der Waals surface area contributed by atoms with Crippen LogP contribution in [0.25, 0.3) is 11.5 Å². The van der Waals surface area contributed by atoms with Crippen molar-refractivity contribution >= 4 is 17.7 Å². The van der Waals surface area contributed by atoms with Gasteiger partial charge in [-0.15, -0.1) is 10.2 Å². The Morgan fingerprint density at radius 3 is 2.81 bits per heavy atom. The highest BCUT2D eigenvalue weighted by Gasteiger charge is 2.20. The number of nitrogens with zero attached hydrogens (tertiary/aromatic N) is 2. The summed E-state index contributed by atoms with van der Waals surface area (Å²) in [6.07, 6.45) is 1.56. The van der Waals surface area contributed by atoms with Crippen LogP contribution >= 0.6 is 11.8 Å². The molecule has 0 radical (unpaired) electrons. The number of carbonyl (C=O) groups excluding carboxylic acids is 1. The highest BCUT2D eigenvalue weighted by atomic mass is 32.2. The van der Waals surface area contributed by atoms with Gasteiger partial charge < -0.3 is 23.6 Å². The molecule has 1 atom stereocenters. The molecule has 0 unspecified atom stereocenters. The molecule has 0 bridgehead atoms. The number of thioether (sulfide) groups is 1. The standard InChI is InChI=1S/C18H19N3O5S/c1-11(16(22)19-10-13-5-4-8-25-13)27-18-21-20-17(26-18)14-7-6-12(23-2)9-15(14)24-3/h4-9,11H,10H2,1-3H3,(H,19,22)/t11-/m0/s1. The molecule has 1 aromatic carbocycles. The van der Waals surface area contributed by atoms with Crippen molar-refractivity contribution in [2.75, 3.05) is 14.2 Å². The van der Waals surface area contributed by atoms with Crippen molar-refractivity contribution in [2.24, 2.45) is 0 Å². The highest BCUT2D eigenvalue weighted by molar-refractivity contribution is 8.00. The maximum atomic E-state index is 12.2. The van der Waals surface area contributed by atoms with Crippen LogP contribution in [-0.2, 0) is 11.3 Å². The van der Waals surface area contributed by atoms with Crippen LogP contribution in [0, 0.1) is 0 Å². The molecule has 0 fully saturated rings. The van der Waals surface area contributed by atoms with Crippen LogP contribution in [-0.4, -0.2) is 35.6 Å². The second kappa shape index (κ2) is 8.63. The number of ether oxygens (including phenoxy) is 2. The van der Waals surface area contributed by atoms with Gasteiger partial charge in [0.25, 0.3) is 11.1 Å². The Morgan fingerprint density at radius 1 is 1.26 bits per heavy atom. The van der Waals surface area contributed by atoms with Crippen LogP contribution in [0.3, 0.4) is 0 Å². The number of carbonyl (C=O) groups is 1. The van der Waals surface area contributed by atoms with E-state index in [4.69, 9.17) is 18.3 Å². The molecular weight excluding hydrogens is 370 g/mol. The zero-order valence-electron chi connectivity index (χ0n) is 15.1. The number of methoxy groups -OCH3 is 2. The zero-order valence-corrected chi connectivity index (χ0v) is 15.9. The van der Waals surface area contributed by atoms with Crippen molar-refractivity contribution in [3.8, 4) is 23.0 Å². The van der Waals surface area contributed by atoms with Crippen molar-refractivity contribution in [1.82, 2.24) is 15.5 Å². The van der Waals surface area contributed by atoms with Crippen LogP contribution in [0.1, 0.15) is 12.7 Å². The molecule has 142 valence electrons. The molecule has 0 saturated carbocycles. The first kappa shape index (κ1) is 18.8. The first-order valence-corrected chi connectivity index (χ1v) is 9.01. The number of aromatic nitrogens is 2. The molecule has 0 aliphatic heterocycles. The Labute approximate surface area is 160 Å². The summed E-state index contributed by atoms with van der Waals surface area (Å²) in [6.45, 7) is 2.09. The number of furan rings is 1. The lowest BCUT2D eigenvalue weighted by Crippen LogP contribution is -2.30. The van der Waals surface area contributed by atoms with Crippen LogP contribution in [0.15, 0.2) is 50.7 Å². The second-order valence-corrected chi connectivity index (χ2v) is 6.79. The van der Waals surface area contributed by atoms with Gasteiger partial charge in [-0.05, 0) is 31.2 Å². The van der Waals surface area contributed by atoms with E-state index >= 15 is 0 Å². The maximum Gasteiger partial charge on any atom is 0.277 e. The molecule has 0 aliphatic carbocycles. The Morgan fingerprint density at radius 2 is 2.11 bits per heavy atom. The molecule has 1 amide bonds. The lowest BCUT2D eigenvalue weighted by atomic mass is 10.2. The van der Waals surface area contributed by atoms with Gasteiger partial charge in [-0.25, -0.2) is 0 Å². The van der Waals surface area contributed by atoms with Crippen LogP contribution in [0.5, 0.6) is 11.5 Å². The van der Waals surface area contributed by atoms with E-state index in [0.29, 0.717) is 40.5 Å². The molecule has 1 N–H and O–H groups in total. The van der Waals surface area contributed by atoms with E-state index in [0.717, 1.165) is 0 Å². The van der Waals surface area contributed by atoms with E-state index in [1.165, 1.54) is 11.8 Å². The Hall–Kier alpha value is -2.94. The minimum atomic E-state index is -0.411. The van der Waals surface area contributed by atoms with Gasteiger partial charge in [0.1, 0.15) is 17.3 Å². The van der Waals surface area contributed by atoms with Crippen molar-refractivity contribution in [3.63, 3.8) is 0 Å². The number of benzene rings is 1. The molecule has 0 saturated heterocycles. The van der Waals surface area contributed by atoms with Gasteiger partial charge in [0, 0.05) is 6.07 Å². The van der Waals surface area contributed by atoms with Crippen molar-refractivity contribution in [1.29, 1.82) is 0 Å². The van der Waals surface area contributed by atoms with Crippen LogP contribution < -0.4 is 14.8 Å². The minimum absolute atomic E-state index is 0.154. The summed E-state index contributed by atoms with van der Waals surface area (Å²) >= 11 is 1.18. The van der Waals surface area contributed by atoms with E-state index in [2.05, 4.69) is 15.5 Å². The largest absolute Gasteiger partial charge is 0.497 e. The molecule has 27 heavy (non-hydrogen) atoms. The summed E-state index contributed by atoms with van der Waals surface area (Å²) in [7, 11) is 3.13. The van der Waals surface area contributed by atoms with Gasteiger partial charge in [-0.2, -0.15) is 0 Å². The van der Waals surface area contributed by atoms with Gasteiger partial charge in [0.05, 0.1) is 37.8 Å². The number of amides is 1. The summed E-state index contributed by atoms with van der Waals surface area (Å²) in [5, 5.41) is 10.7. The first-order valence-electron chi connectivity index (χ1n) is 8.13. The van der Waals surface area contributed by atoms with Gasteiger partial charge in [-0.3, -0.25) is 4.79 Å². The summed E-state index contributed by atoms with van der Waals surface area (Å²) in [5.74, 6) is 2.05. The third-order valence-corrected chi connectivity index (χ3v) is 4.64. The van der Waals surface area contributed by atoms with Gasteiger partial charge in [0.2, 0.25) is 5.91 Å². The molecule has 8 nitrogen and oxygen atoms in total. The molecule has 3 aromatic rings. The molecular formula is C18H19N3O5S. The lowest BCUT2D eigenvalue weighted by molar-refractivity contribution is -0.120. The Kier molecular flexibility index (Phi) is 6.02. The van der Waals surface area contributed by atoms with E-state index < -0.39 is 5.25 Å². The maximum absolute atomic E-state index is 12.2. The van der Waals surface area contributed by atoms with E-state index in [1.54, 1.807) is 57.7 Å². The van der Waals surface area contributed by atoms with Gasteiger partial charge >= 0.3 is 0 Å². The van der Waals surface area contributed by atoms with E-state index in [1.807, 2.05) is 0 Å². The monoisotopic (exact) mass is 389 g/mol. The molecule has 9 heteroatoms. The predicted molar refractivity (Wildman–Crippen MR) is 98.7 cm³/mol. The number of rotatable bonds is 8. The Balaban J connectivity index is 1.64. The van der Waals surface area contributed by atoms with Crippen molar-refractivity contribution in [3.05, 3.63) is 42.4 Å². The SMILES string of the molecule is COc1ccc(-c2nnc(S[C@@H](C)C(=O)NCc3ccco3)o2)c(OC)c1. The van der Waals surface area contributed by atoms with Crippen molar-refractivity contribution in [2.45, 2.75) is 23.9 Å². The van der Waals surface area contributed by atoms with Crippen LogP contribution in [0.2, 0.25) is 0 Å². The number of nitrogens with one attached hydrogen (secondary N) is 1. The fourth-order valence-electron chi connectivity index (χ4n) is 2.28. The third kappa shape index (κ3) is 4.62. The summed E-state index contributed by atoms with van der Waals surface area (Å²) in [4.78, 5) is 12.2. The average Bonchev–Trinajstić information content (AvgIpc) is 3.37. The number of hydrogen-bond acceptors (Lipinski definition) is 8. The normalized spacial score (nSPS) is 11.8. The molecule has 2 heterocycles. The summed E-state index contributed by atoms with van der Waals surface area (Å²) in [6, 6.07) is 8.85. The second-order valence-electron chi connectivity index (χ2n) is 5.50. The zero-order chi connectivity index (χ0) is 19.2. The Bertz CT molecular complexity index is 894. The van der Waals surface area contributed by atoms with E-state index in [9.17, 15) is 4.79 Å². The van der Waals surface area contributed by atoms with E-state index in [-0.39, 0.29) is 5.91 Å². The fourth-order valence-corrected chi connectivity index (χ4v) is 2.99. The third-order valence-electron chi connectivity index (χ3n) is 3.71. The molecule has 2 aromatic heterocycles. The quantitative estimate of drug-likeness (QED) is 0.587. The smallest absolute Gasteiger partial charge is 0.277 e. The van der Waals surface area contributed by atoms with Gasteiger partial charge in [-0.1, -0.05) is 11.8 Å². The minimum Gasteiger partial charge on any atom is -0.497 e. The highest BCUT2D eigenvalue weighted by Crippen LogP contribution is 2.34. The fraction of sp³-hybridized carbons (Fsp3) is 0.278. The van der Waals surface area contributed by atoms with Crippen molar-refractivity contribution < 1.29 is 23.1 Å². The molecule has 0 aliphatic rings. The lowest BCUT2D eigenvalue weighted by Gasteiger charge is -2.09. The average molecular weight is 389 g/mol. The summed E-state index contributed by atoms with van der Waals surface area (Å²) in [5.41, 5.74) is 0.646. The summed E-state index contributed by atoms with van der Waals surface area (Å²) < 4.78 is 21.4. The first-order chi connectivity index (χ1) is 13.1. The van der Waals surface area contributed by atoms with Gasteiger partial charge in [0.15, 0.2) is 0 Å². The molecule has 0 spiro atoms. The number of hydrogen-bond donors (Lipinski definition) is 1.